The molecule has 8 heteroatoms. The van der Waals surface area contributed by atoms with E-state index >= 15 is 0 Å². The number of ether oxygens (including phenoxy) is 1. The van der Waals surface area contributed by atoms with Crippen molar-refractivity contribution in [3.63, 3.8) is 0 Å². The first-order valence-corrected chi connectivity index (χ1v) is 11.5. The lowest BCUT2D eigenvalue weighted by molar-refractivity contribution is -0.133. The van der Waals surface area contributed by atoms with Crippen molar-refractivity contribution in [1.82, 2.24) is 9.88 Å². The molecule has 2 aromatic rings. The van der Waals surface area contributed by atoms with Crippen LogP contribution in [-0.2, 0) is 21.1 Å². The van der Waals surface area contributed by atoms with E-state index in [1.807, 2.05) is 0 Å². The van der Waals surface area contributed by atoms with Crippen LogP contribution in [0.4, 0.5) is 0 Å². The molecular formula is C22H25N3O4S. The van der Waals surface area contributed by atoms with E-state index in [0.29, 0.717) is 24.5 Å². The van der Waals surface area contributed by atoms with Gasteiger partial charge in [-0.15, -0.1) is 0 Å². The number of likely N-dealkylation sites (tertiary alicyclic amines) is 1. The highest BCUT2D eigenvalue weighted by atomic mass is 32.2. The van der Waals surface area contributed by atoms with E-state index in [2.05, 4.69) is 11.1 Å². The Bertz CT molecular complexity index is 1040. The van der Waals surface area contributed by atoms with Crippen LogP contribution in [0.25, 0.3) is 0 Å². The summed E-state index contributed by atoms with van der Waals surface area (Å²) in [5, 5.41) is 8.50. The molecule has 0 spiro atoms. The number of pyridine rings is 1. The number of rotatable bonds is 6. The predicted octanol–water partition coefficient (Wildman–Crippen LogP) is 2.75. The van der Waals surface area contributed by atoms with Crippen molar-refractivity contribution in [2.24, 2.45) is 0 Å². The summed E-state index contributed by atoms with van der Waals surface area (Å²) in [6.07, 6.45) is 3.19. The Balaban J connectivity index is 1.60. The second-order valence-corrected chi connectivity index (χ2v) is 10.1. The quantitative estimate of drug-likeness (QED) is 0.703. The van der Waals surface area contributed by atoms with Gasteiger partial charge in [-0.3, -0.25) is 4.79 Å². The van der Waals surface area contributed by atoms with Crippen LogP contribution in [0, 0.1) is 11.3 Å². The minimum atomic E-state index is -3.32. The molecule has 158 valence electrons. The summed E-state index contributed by atoms with van der Waals surface area (Å²) >= 11 is 0. The highest BCUT2D eigenvalue weighted by molar-refractivity contribution is 7.92. The molecule has 0 N–H and O–H groups in total. The van der Waals surface area contributed by atoms with E-state index in [9.17, 15) is 13.2 Å². The van der Waals surface area contributed by atoms with E-state index in [4.69, 9.17) is 10.00 Å². The molecule has 1 amide bonds. The fourth-order valence-electron chi connectivity index (χ4n) is 3.33. The molecular weight excluding hydrogens is 402 g/mol. The lowest BCUT2D eigenvalue weighted by Crippen LogP contribution is -2.45. The Morgan fingerprint density at radius 1 is 1.30 bits per heavy atom. The number of sulfone groups is 1. The second-order valence-electron chi connectivity index (χ2n) is 7.63. The number of piperidine rings is 1. The van der Waals surface area contributed by atoms with E-state index in [1.165, 1.54) is 6.20 Å². The zero-order chi connectivity index (χ0) is 21.7. The maximum absolute atomic E-state index is 12.7. The third kappa shape index (κ3) is 5.16. The molecule has 1 aliphatic rings. The van der Waals surface area contributed by atoms with Crippen LogP contribution < -0.4 is 4.74 Å². The van der Waals surface area contributed by atoms with Crippen LogP contribution in [0.5, 0.6) is 5.88 Å². The van der Waals surface area contributed by atoms with Crippen molar-refractivity contribution in [2.45, 2.75) is 49.4 Å². The molecule has 1 aromatic carbocycles. The molecule has 7 nitrogen and oxygen atoms in total. The van der Waals surface area contributed by atoms with Gasteiger partial charge in [-0.05, 0) is 50.5 Å². The van der Waals surface area contributed by atoms with Crippen LogP contribution >= 0.6 is 0 Å². The van der Waals surface area contributed by atoms with Gasteiger partial charge in [-0.1, -0.05) is 12.1 Å². The fourth-order valence-corrected chi connectivity index (χ4v) is 4.39. The van der Waals surface area contributed by atoms with Crippen LogP contribution in [0.15, 0.2) is 47.5 Å². The molecule has 0 bridgehead atoms. The first kappa shape index (κ1) is 21.8. The molecule has 1 aromatic heterocycles. The van der Waals surface area contributed by atoms with Crippen LogP contribution in [0.3, 0.4) is 0 Å². The maximum atomic E-state index is 12.7. The van der Waals surface area contributed by atoms with Gasteiger partial charge in [0.1, 0.15) is 6.10 Å². The normalized spacial score (nSPS) is 16.9. The highest BCUT2D eigenvalue weighted by Gasteiger charge is 2.25. The number of hydrogen-bond donors (Lipinski definition) is 0. The summed E-state index contributed by atoms with van der Waals surface area (Å²) in [4.78, 5) is 18.9. The molecule has 1 atom stereocenters. The third-order valence-corrected chi connectivity index (χ3v) is 7.28. The van der Waals surface area contributed by atoms with E-state index < -0.39 is 15.1 Å². The molecule has 0 aliphatic carbocycles. The minimum absolute atomic E-state index is 0.0264. The summed E-state index contributed by atoms with van der Waals surface area (Å²) in [5.74, 6) is 0.358. The number of hydrogen-bond acceptors (Lipinski definition) is 6. The molecule has 2 heterocycles. The average molecular weight is 428 g/mol. The Hall–Kier alpha value is -2.92. The van der Waals surface area contributed by atoms with Crippen molar-refractivity contribution in [1.29, 1.82) is 5.26 Å². The molecule has 1 fully saturated rings. The first-order chi connectivity index (χ1) is 14.3. The Morgan fingerprint density at radius 2 is 2.03 bits per heavy atom. The Kier molecular flexibility index (Phi) is 6.73. The molecule has 0 saturated carbocycles. The van der Waals surface area contributed by atoms with E-state index in [1.54, 1.807) is 55.1 Å². The van der Waals surface area contributed by atoms with Gasteiger partial charge >= 0.3 is 0 Å². The molecule has 0 unspecified atom stereocenters. The summed E-state index contributed by atoms with van der Waals surface area (Å²) < 4.78 is 30.3. The lowest BCUT2D eigenvalue weighted by Gasteiger charge is -2.32. The monoisotopic (exact) mass is 427 g/mol. The molecule has 0 radical (unpaired) electrons. The van der Waals surface area contributed by atoms with Gasteiger partial charge in [-0.2, -0.15) is 5.26 Å². The number of nitrogens with zero attached hydrogens (tertiary/aromatic N) is 3. The zero-order valence-corrected chi connectivity index (χ0v) is 17.9. The molecule has 1 aliphatic heterocycles. The summed E-state index contributed by atoms with van der Waals surface area (Å²) in [6, 6.07) is 11.8. The largest absolute Gasteiger partial charge is 0.472 e. The Labute approximate surface area is 177 Å². The van der Waals surface area contributed by atoms with Gasteiger partial charge < -0.3 is 9.64 Å². The van der Waals surface area contributed by atoms with Gasteiger partial charge in [-0.25, -0.2) is 13.4 Å². The van der Waals surface area contributed by atoms with Crippen molar-refractivity contribution in [3.8, 4) is 11.9 Å². The SMILES string of the molecule is CC(C)S(=O)(=O)c1ccc(CC(=O)N2CCC[C@@H](Oc3cc(C#N)ccn3)C2)cc1. The molecule has 3 rings (SSSR count). The summed E-state index contributed by atoms with van der Waals surface area (Å²) in [7, 11) is -3.32. The topological polar surface area (TPSA) is 100 Å². The fraction of sp³-hybridized carbons (Fsp3) is 0.409. The zero-order valence-electron chi connectivity index (χ0n) is 17.1. The van der Waals surface area contributed by atoms with E-state index in [0.717, 1.165) is 18.4 Å². The number of nitriles is 1. The first-order valence-electron chi connectivity index (χ1n) is 9.93. The number of carbonyl (C=O) groups is 1. The second kappa shape index (κ2) is 9.26. The molecule has 1 saturated heterocycles. The minimum Gasteiger partial charge on any atom is -0.472 e. The van der Waals surface area contributed by atoms with Gasteiger partial charge in [0.15, 0.2) is 9.84 Å². The number of amides is 1. The average Bonchev–Trinajstić information content (AvgIpc) is 2.74. The van der Waals surface area contributed by atoms with Gasteiger partial charge in [0, 0.05) is 18.8 Å². The summed E-state index contributed by atoms with van der Waals surface area (Å²) in [5.41, 5.74) is 1.25. The Morgan fingerprint density at radius 3 is 2.70 bits per heavy atom. The van der Waals surface area contributed by atoms with Crippen LogP contribution in [0.1, 0.15) is 37.8 Å². The van der Waals surface area contributed by atoms with Gasteiger partial charge in [0.05, 0.1) is 34.7 Å². The van der Waals surface area contributed by atoms with Gasteiger partial charge in [0.25, 0.3) is 0 Å². The highest BCUT2D eigenvalue weighted by Crippen LogP contribution is 2.20. The predicted molar refractivity (Wildman–Crippen MR) is 112 cm³/mol. The maximum Gasteiger partial charge on any atom is 0.227 e. The smallest absolute Gasteiger partial charge is 0.227 e. The number of benzene rings is 1. The number of aromatic nitrogens is 1. The van der Waals surface area contributed by atoms with Crippen LogP contribution in [0.2, 0.25) is 0 Å². The standard InChI is InChI=1S/C22H25N3O4S/c1-16(2)30(27,28)20-7-5-17(6-8-20)13-22(26)25-11-3-4-19(15-25)29-21-12-18(14-23)9-10-24-21/h5-10,12,16,19H,3-4,11,13,15H2,1-2H3/t19-/m1/s1. The van der Waals surface area contributed by atoms with Crippen LogP contribution in [-0.4, -0.2) is 48.7 Å². The third-order valence-electron chi connectivity index (χ3n) is 5.11. The number of carbonyl (C=O) groups excluding carboxylic acids is 1. The van der Waals surface area contributed by atoms with Crippen molar-refractivity contribution in [3.05, 3.63) is 53.7 Å². The van der Waals surface area contributed by atoms with Crippen molar-refractivity contribution >= 4 is 15.7 Å². The van der Waals surface area contributed by atoms with Crippen molar-refractivity contribution < 1.29 is 17.9 Å². The molecule has 30 heavy (non-hydrogen) atoms. The van der Waals surface area contributed by atoms with E-state index in [-0.39, 0.29) is 23.3 Å². The van der Waals surface area contributed by atoms with Crippen molar-refractivity contribution in [2.75, 3.05) is 13.1 Å². The van der Waals surface area contributed by atoms with Gasteiger partial charge in [0.2, 0.25) is 11.8 Å². The summed E-state index contributed by atoms with van der Waals surface area (Å²) in [6.45, 7) is 4.41. The lowest BCUT2D eigenvalue weighted by atomic mass is 10.1.